The van der Waals surface area contributed by atoms with Gasteiger partial charge in [0.05, 0.1) is 22.9 Å². The number of nitrogens with zero attached hydrogens (tertiary/aromatic N) is 1. The summed E-state index contributed by atoms with van der Waals surface area (Å²) in [7, 11) is 0. The van der Waals surface area contributed by atoms with Crippen LogP contribution in [0.25, 0.3) is 11.0 Å². The minimum atomic E-state index is -0.273. The zero-order chi connectivity index (χ0) is 15.2. The Kier molecular flexibility index (Phi) is 2.94. The van der Waals surface area contributed by atoms with Crippen LogP contribution in [0.1, 0.15) is 28.8 Å². The summed E-state index contributed by atoms with van der Waals surface area (Å²) < 4.78 is 0. The van der Waals surface area contributed by atoms with Gasteiger partial charge in [-0.2, -0.15) is 0 Å². The van der Waals surface area contributed by atoms with E-state index >= 15 is 0 Å². The predicted octanol–water partition coefficient (Wildman–Crippen LogP) is 3.64. The molecule has 2 aromatic carbocycles. The lowest BCUT2D eigenvalue weighted by molar-refractivity contribution is 0.0931. The SMILES string of the molecule is O=C(NC1(c2cccc(Cl)c2)CC1)c1ccc2nc[nH]c2c1. The predicted molar refractivity (Wildman–Crippen MR) is 85.9 cm³/mol. The highest BCUT2D eigenvalue weighted by molar-refractivity contribution is 6.30. The first-order chi connectivity index (χ1) is 10.7. The largest absolute Gasteiger partial charge is 0.345 e. The third-order valence-electron chi connectivity index (χ3n) is 4.16. The molecule has 1 heterocycles. The van der Waals surface area contributed by atoms with E-state index in [-0.39, 0.29) is 11.4 Å². The summed E-state index contributed by atoms with van der Waals surface area (Å²) in [5.74, 6) is -0.0750. The normalized spacial score (nSPS) is 15.7. The third-order valence-corrected chi connectivity index (χ3v) is 4.40. The number of benzene rings is 2. The fourth-order valence-corrected chi connectivity index (χ4v) is 2.95. The van der Waals surface area contributed by atoms with Gasteiger partial charge in [-0.05, 0) is 48.7 Å². The van der Waals surface area contributed by atoms with Crippen LogP contribution in [-0.2, 0) is 5.54 Å². The molecule has 0 aliphatic heterocycles. The average molecular weight is 312 g/mol. The lowest BCUT2D eigenvalue weighted by Gasteiger charge is -2.18. The molecule has 110 valence electrons. The Bertz CT molecular complexity index is 867. The second-order valence-corrected chi connectivity index (χ2v) is 6.12. The molecule has 4 nitrogen and oxygen atoms in total. The summed E-state index contributed by atoms with van der Waals surface area (Å²) in [5.41, 5.74) is 3.14. The van der Waals surface area contributed by atoms with Crippen molar-refractivity contribution in [3.8, 4) is 0 Å². The first-order valence-corrected chi connectivity index (χ1v) is 7.56. The van der Waals surface area contributed by atoms with E-state index in [0.29, 0.717) is 10.6 Å². The molecule has 0 unspecified atom stereocenters. The fourth-order valence-electron chi connectivity index (χ4n) is 2.76. The smallest absolute Gasteiger partial charge is 0.252 e. The number of hydrogen-bond donors (Lipinski definition) is 2. The van der Waals surface area contributed by atoms with Crippen molar-refractivity contribution in [3.63, 3.8) is 0 Å². The Morgan fingerprint density at radius 3 is 2.86 bits per heavy atom. The zero-order valence-electron chi connectivity index (χ0n) is 11.8. The van der Waals surface area contributed by atoms with E-state index in [1.54, 1.807) is 12.4 Å². The van der Waals surface area contributed by atoms with Crippen LogP contribution in [0.4, 0.5) is 0 Å². The molecule has 0 spiro atoms. The summed E-state index contributed by atoms with van der Waals surface area (Å²) in [6.07, 6.45) is 3.50. The van der Waals surface area contributed by atoms with Crippen molar-refractivity contribution in [2.24, 2.45) is 0 Å². The van der Waals surface area contributed by atoms with E-state index in [1.807, 2.05) is 36.4 Å². The van der Waals surface area contributed by atoms with Gasteiger partial charge in [-0.25, -0.2) is 4.98 Å². The molecule has 1 aliphatic rings. The number of amides is 1. The van der Waals surface area contributed by atoms with Gasteiger partial charge in [-0.3, -0.25) is 4.79 Å². The Balaban J connectivity index is 1.61. The van der Waals surface area contributed by atoms with Gasteiger partial charge in [0.2, 0.25) is 0 Å². The van der Waals surface area contributed by atoms with E-state index in [0.717, 1.165) is 29.4 Å². The highest BCUT2D eigenvalue weighted by Crippen LogP contribution is 2.46. The number of nitrogens with one attached hydrogen (secondary N) is 2. The standard InChI is InChI=1S/C17H14ClN3O/c18-13-3-1-2-12(9-13)17(6-7-17)21-16(22)11-4-5-14-15(8-11)20-10-19-14/h1-5,8-10H,6-7H2,(H,19,20)(H,21,22). The van der Waals surface area contributed by atoms with E-state index in [1.165, 1.54) is 0 Å². The maximum atomic E-state index is 12.5. The Morgan fingerprint density at radius 2 is 2.09 bits per heavy atom. The van der Waals surface area contributed by atoms with Crippen LogP contribution in [-0.4, -0.2) is 15.9 Å². The Labute approximate surface area is 132 Å². The number of carbonyl (C=O) groups excluding carboxylic acids is 1. The molecule has 0 bridgehead atoms. The molecule has 5 heteroatoms. The first-order valence-electron chi connectivity index (χ1n) is 7.18. The molecular weight excluding hydrogens is 298 g/mol. The average Bonchev–Trinajstić information content (AvgIpc) is 3.14. The van der Waals surface area contributed by atoms with Gasteiger partial charge in [-0.1, -0.05) is 23.7 Å². The van der Waals surface area contributed by atoms with Crippen molar-refractivity contribution < 1.29 is 4.79 Å². The van der Waals surface area contributed by atoms with Crippen molar-refractivity contribution in [2.75, 3.05) is 0 Å². The van der Waals surface area contributed by atoms with Gasteiger partial charge < -0.3 is 10.3 Å². The van der Waals surface area contributed by atoms with Gasteiger partial charge in [0.15, 0.2) is 0 Å². The monoisotopic (exact) mass is 311 g/mol. The molecule has 0 saturated heterocycles. The minimum Gasteiger partial charge on any atom is -0.345 e. The molecule has 1 saturated carbocycles. The lowest BCUT2D eigenvalue weighted by atomic mass is 10.0. The minimum absolute atomic E-state index is 0.0750. The van der Waals surface area contributed by atoms with E-state index < -0.39 is 0 Å². The summed E-state index contributed by atoms with van der Waals surface area (Å²) in [4.78, 5) is 19.7. The van der Waals surface area contributed by atoms with E-state index in [9.17, 15) is 4.79 Å². The summed E-state index contributed by atoms with van der Waals surface area (Å²) in [5, 5.41) is 3.84. The van der Waals surface area contributed by atoms with Crippen LogP contribution in [0.5, 0.6) is 0 Å². The number of carbonyl (C=O) groups is 1. The number of fused-ring (bicyclic) bond motifs is 1. The molecule has 4 rings (SSSR count). The van der Waals surface area contributed by atoms with Gasteiger partial charge >= 0.3 is 0 Å². The van der Waals surface area contributed by atoms with Crippen LogP contribution >= 0.6 is 11.6 Å². The highest BCUT2D eigenvalue weighted by Gasteiger charge is 2.45. The molecule has 1 fully saturated rings. The van der Waals surface area contributed by atoms with Gasteiger partial charge in [0, 0.05) is 10.6 Å². The zero-order valence-corrected chi connectivity index (χ0v) is 12.5. The van der Waals surface area contributed by atoms with Crippen molar-refractivity contribution in [1.82, 2.24) is 15.3 Å². The van der Waals surface area contributed by atoms with Gasteiger partial charge in [-0.15, -0.1) is 0 Å². The second kappa shape index (κ2) is 4.85. The number of aromatic amines is 1. The molecule has 0 radical (unpaired) electrons. The Hall–Kier alpha value is -2.33. The quantitative estimate of drug-likeness (QED) is 0.776. The van der Waals surface area contributed by atoms with Crippen LogP contribution in [0.3, 0.4) is 0 Å². The van der Waals surface area contributed by atoms with Crippen molar-refractivity contribution in [1.29, 1.82) is 0 Å². The number of H-pyrrole nitrogens is 1. The fraction of sp³-hybridized carbons (Fsp3) is 0.176. The van der Waals surface area contributed by atoms with Gasteiger partial charge in [0.1, 0.15) is 0 Å². The molecular formula is C17H14ClN3O. The number of halogens is 1. The molecule has 22 heavy (non-hydrogen) atoms. The maximum absolute atomic E-state index is 12.5. The topological polar surface area (TPSA) is 57.8 Å². The summed E-state index contributed by atoms with van der Waals surface area (Å²) in [6.45, 7) is 0. The molecule has 0 atom stereocenters. The number of aromatic nitrogens is 2. The van der Waals surface area contributed by atoms with Crippen LogP contribution in [0.2, 0.25) is 5.02 Å². The maximum Gasteiger partial charge on any atom is 0.252 e. The first kappa shape index (κ1) is 13.3. The van der Waals surface area contributed by atoms with E-state index in [4.69, 9.17) is 11.6 Å². The molecule has 1 aromatic heterocycles. The number of rotatable bonds is 3. The Morgan fingerprint density at radius 1 is 1.23 bits per heavy atom. The van der Waals surface area contributed by atoms with E-state index in [2.05, 4.69) is 15.3 Å². The molecule has 1 aliphatic carbocycles. The molecule has 3 aromatic rings. The summed E-state index contributed by atoms with van der Waals surface area (Å²) in [6, 6.07) is 13.2. The van der Waals surface area contributed by atoms with Crippen molar-refractivity contribution in [3.05, 3.63) is 64.9 Å². The van der Waals surface area contributed by atoms with Crippen molar-refractivity contribution >= 4 is 28.5 Å². The second-order valence-electron chi connectivity index (χ2n) is 5.68. The molecule has 2 N–H and O–H groups in total. The molecule has 1 amide bonds. The number of hydrogen-bond acceptors (Lipinski definition) is 2. The lowest BCUT2D eigenvalue weighted by Crippen LogP contribution is -2.34. The number of imidazole rings is 1. The van der Waals surface area contributed by atoms with Crippen LogP contribution in [0.15, 0.2) is 48.8 Å². The highest BCUT2D eigenvalue weighted by atomic mass is 35.5. The van der Waals surface area contributed by atoms with Gasteiger partial charge in [0.25, 0.3) is 5.91 Å². The third kappa shape index (κ3) is 2.25. The van der Waals surface area contributed by atoms with Crippen molar-refractivity contribution in [2.45, 2.75) is 18.4 Å². The van der Waals surface area contributed by atoms with Crippen LogP contribution < -0.4 is 5.32 Å². The summed E-state index contributed by atoms with van der Waals surface area (Å²) >= 11 is 6.06. The van der Waals surface area contributed by atoms with Crippen LogP contribution in [0, 0.1) is 0 Å².